The maximum Gasteiger partial charge on any atom is 0.310 e. The number of aryl methyl sites for hydroxylation is 1. The van der Waals surface area contributed by atoms with Gasteiger partial charge in [-0.25, -0.2) is 0 Å². The van der Waals surface area contributed by atoms with Gasteiger partial charge in [0.2, 0.25) is 5.91 Å². The lowest BCUT2D eigenvalue weighted by molar-refractivity contribution is -0.146. The number of methoxy groups -OCH3 is 1. The van der Waals surface area contributed by atoms with Crippen molar-refractivity contribution in [2.24, 2.45) is 5.92 Å². The predicted octanol–water partition coefficient (Wildman–Crippen LogP) is 4.03. The van der Waals surface area contributed by atoms with Crippen molar-refractivity contribution in [1.82, 2.24) is 4.90 Å². The number of halogens is 1. The van der Waals surface area contributed by atoms with Crippen molar-refractivity contribution in [3.05, 3.63) is 70.2 Å². The molecular weight excluding hydrogens is 350 g/mol. The highest BCUT2D eigenvalue weighted by molar-refractivity contribution is 6.30. The summed E-state index contributed by atoms with van der Waals surface area (Å²) in [6, 6.07) is 15.3. The van der Waals surface area contributed by atoms with Crippen molar-refractivity contribution >= 4 is 23.5 Å². The molecule has 2 rings (SSSR count). The first-order chi connectivity index (χ1) is 12.4. The third-order valence-electron chi connectivity index (χ3n) is 4.21. The van der Waals surface area contributed by atoms with E-state index in [0.29, 0.717) is 18.1 Å². The fourth-order valence-corrected chi connectivity index (χ4v) is 2.79. The Morgan fingerprint density at radius 3 is 2.19 bits per heavy atom. The number of carbonyl (C=O) groups is 2. The van der Waals surface area contributed by atoms with Crippen LogP contribution < -0.4 is 0 Å². The van der Waals surface area contributed by atoms with Crippen molar-refractivity contribution < 1.29 is 14.3 Å². The minimum absolute atomic E-state index is 0.0383. The van der Waals surface area contributed by atoms with E-state index in [1.165, 1.54) is 7.11 Å². The fraction of sp³-hybridized carbons (Fsp3) is 0.333. The topological polar surface area (TPSA) is 46.6 Å². The third-order valence-corrected chi connectivity index (χ3v) is 4.47. The second-order valence-electron chi connectivity index (χ2n) is 6.49. The van der Waals surface area contributed by atoms with E-state index in [0.717, 1.165) is 16.7 Å². The van der Waals surface area contributed by atoms with E-state index in [2.05, 4.69) is 0 Å². The van der Waals surface area contributed by atoms with Crippen LogP contribution in [0.1, 0.15) is 23.6 Å². The average molecular weight is 374 g/mol. The average Bonchev–Trinajstić information content (AvgIpc) is 2.64. The number of esters is 1. The summed E-state index contributed by atoms with van der Waals surface area (Å²) >= 11 is 5.90. The Morgan fingerprint density at radius 1 is 1.04 bits per heavy atom. The van der Waals surface area contributed by atoms with Gasteiger partial charge in [0.1, 0.15) is 0 Å². The van der Waals surface area contributed by atoms with Gasteiger partial charge in [0.25, 0.3) is 0 Å². The van der Waals surface area contributed by atoms with Gasteiger partial charge in [0.15, 0.2) is 0 Å². The first-order valence-corrected chi connectivity index (χ1v) is 8.92. The van der Waals surface area contributed by atoms with Crippen LogP contribution >= 0.6 is 11.6 Å². The zero-order valence-corrected chi connectivity index (χ0v) is 16.1. The lowest BCUT2D eigenvalue weighted by Crippen LogP contribution is -2.37. The number of ether oxygens (including phenoxy) is 1. The highest BCUT2D eigenvalue weighted by atomic mass is 35.5. The fourth-order valence-electron chi connectivity index (χ4n) is 2.66. The molecule has 0 aliphatic heterocycles. The molecule has 26 heavy (non-hydrogen) atoms. The molecule has 0 saturated heterocycles. The summed E-state index contributed by atoms with van der Waals surface area (Å²) in [5, 5.41) is 0.636. The minimum atomic E-state index is -0.389. The predicted molar refractivity (Wildman–Crippen MR) is 103 cm³/mol. The van der Waals surface area contributed by atoms with Crippen LogP contribution in [-0.2, 0) is 27.3 Å². The molecule has 0 spiro atoms. The number of amides is 1. The number of nitrogens with zero attached hydrogens (tertiary/aromatic N) is 1. The molecule has 0 N–H and O–H groups in total. The van der Waals surface area contributed by atoms with Gasteiger partial charge in [-0.3, -0.25) is 9.59 Å². The van der Waals surface area contributed by atoms with E-state index in [4.69, 9.17) is 16.3 Å². The number of rotatable bonds is 7. The SMILES string of the molecule is COC(=O)C(C)CN(Cc1ccc(C)cc1)C(=O)Cc1ccc(Cl)cc1. The minimum Gasteiger partial charge on any atom is -0.469 e. The summed E-state index contributed by atoms with van der Waals surface area (Å²) in [5.41, 5.74) is 3.08. The van der Waals surface area contributed by atoms with Gasteiger partial charge in [0.05, 0.1) is 19.4 Å². The molecule has 5 heteroatoms. The van der Waals surface area contributed by atoms with E-state index in [1.54, 1.807) is 24.0 Å². The van der Waals surface area contributed by atoms with E-state index in [9.17, 15) is 9.59 Å². The third kappa shape index (κ3) is 5.88. The monoisotopic (exact) mass is 373 g/mol. The summed E-state index contributed by atoms with van der Waals surface area (Å²) in [7, 11) is 1.36. The van der Waals surface area contributed by atoms with Crippen molar-refractivity contribution in [3.8, 4) is 0 Å². The van der Waals surface area contributed by atoms with Crippen LogP contribution in [0.25, 0.3) is 0 Å². The largest absolute Gasteiger partial charge is 0.469 e. The molecule has 0 fully saturated rings. The summed E-state index contributed by atoms with van der Waals surface area (Å²) in [6.45, 7) is 4.55. The van der Waals surface area contributed by atoms with E-state index >= 15 is 0 Å². The molecule has 0 heterocycles. The van der Waals surface area contributed by atoms with Gasteiger partial charge in [-0.2, -0.15) is 0 Å². The molecule has 1 unspecified atom stereocenters. The zero-order valence-electron chi connectivity index (χ0n) is 15.4. The van der Waals surface area contributed by atoms with Crippen LogP contribution in [0.5, 0.6) is 0 Å². The van der Waals surface area contributed by atoms with Gasteiger partial charge in [-0.05, 0) is 30.2 Å². The Hall–Kier alpha value is -2.33. The van der Waals surface area contributed by atoms with Crippen LogP contribution in [0.2, 0.25) is 5.02 Å². The van der Waals surface area contributed by atoms with E-state index < -0.39 is 0 Å². The van der Waals surface area contributed by atoms with Gasteiger partial charge in [-0.15, -0.1) is 0 Å². The molecule has 0 aliphatic rings. The Balaban J connectivity index is 2.14. The van der Waals surface area contributed by atoms with E-state index in [1.807, 2.05) is 43.3 Å². The maximum absolute atomic E-state index is 12.9. The molecule has 0 bridgehead atoms. The lowest BCUT2D eigenvalue weighted by Gasteiger charge is -2.25. The lowest BCUT2D eigenvalue weighted by atomic mass is 10.1. The van der Waals surface area contributed by atoms with Crippen LogP contribution in [0, 0.1) is 12.8 Å². The first-order valence-electron chi connectivity index (χ1n) is 8.54. The van der Waals surface area contributed by atoms with Crippen LogP contribution in [-0.4, -0.2) is 30.4 Å². The van der Waals surface area contributed by atoms with Crippen LogP contribution in [0.4, 0.5) is 0 Å². The van der Waals surface area contributed by atoms with Crippen molar-refractivity contribution in [3.63, 3.8) is 0 Å². The first kappa shape index (κ1) is 20.0. The van der Waals surface area contributed by atoms with Gasteiger partial charge in [-0.1, -0.05) is 60.5 Å². The second kappa shape index (κ2) is 9.39. The Bertz CT molecular complexity index is 741. The molecule has 2 aromatic rings. The molecule has 0 radical (unpaired) electrons. The molecule has 1 amide bonds. The smallest absolute Gasteiger partial charge is 0.310 e. The quantitative estimate of drug-likeness (QED) is 0.688. The van der Waals surface area contributed by atoms with Crippen molar-refractivity contribution in [2.45, 2.75) is 26.8 Å². The van der Waals surface area contributed by atoms with E-state index in [-0.39, 0.29) is 24.2 Å². The second-order valence-corrected chi connectivity index (χ2v) is 6.92. The normalized spacial score (nSPS) is 11.7. The number of carbonyl (C=O) groups excluding carboxylic acids is 2. The maximum atomic E-state index is 12.9. The summed E-state index contributed by atoms with van der Waals surface area (Å²) in [5.74, 6) is -0.749. The number of hydrogen-bond donors (Lipinski definition) is 0. The summed E-state index contributed by atoms with van der Waals surface area (Å²) < 4.78 is 4.80. The molecule has 0 aromatic heterocycles. The summed E-state index contributed by atoms with van der Waals surface area (Å²) in [4.78, 5) is 26.4. The molecule has 2 aromatic carbocycles. The zero-order chi connectivity index (χ0) is 19.1. The molecule has 0 aliphatic carbocycles. The molecule has 1 atom stereocenters. The van der Waals surface area contributed by atoms with Crippen LogP contribution in [0.15, 0.2) is 48.5 Å². The Labute approximate surface area is 159 Å². The standard InChI is InChI=1S/C21H24ClNO3/c1-15-4-6-18(7-5-15)14-23(13-16(2)21(25)26-3)20(24)12-17-8-10-19(22)11-9-17/h4-11,16H,12-14H2,1-3H3. The van der Waals surface area contributed by atoms with Gasteiger partial charge < -0.3 is 9.64 Å². The highest BCUT2D eigenvalue weighted by Gasteiger charge is 2.22. The molecule has 4 nitrogen and oxygen atoms in total. The number of benzene rings is 2. The van der Waals surface area contributed by atoms with Crippen molar-refractivity contribution in [1.29, 1.82) is 0 Å². The molecular formula is C21H24ClNO3. The molecule has 138 valence electrons. The molecule has 0 saturated carbocycles. The Kier molecular flexibility index (Phi) is 7.22. The number of hydrogen-bond acceptors (Lipinski definition) is 3. The van der Waals surface area contributed by atoms with Crippen LogP contribution in [0.3, 0.4) is 0 Å². The summed E-state index contributed by atoms with van der Waals surface area (Å²) in [6.07, 6.45) is 0.261. The Morgan fingerprint density at radius 2 is 1.62 bits per heavy atom. The van der Waals surface area contributed by atoms with Gasteiger partial charge >= 0.3 is 5.97 Å². The van der Waals surface area contributed by atoms with Crippen molar-refractivity contribution in [2.75, 3.05) is 13.7 Å². The van der Waals surface area contributed by atoms with Gasteiger partial charge in [0, 0.05) is 18.1 Å². The highest BCUT2D eigenvalue weighted by Crippen LogP contribution is 2.14.